The molecule has 0 aliphatic heterocycles. The summed E-state index contributed by atoms with van der Waals surface area (Å²) in [5, 5.41) is 4.35. The molecule has 1 aromatic rings. The van der Waals surface area contributed by atoms with Gasteiger partial charge in [-0.05, 0) is 24.7 Å². The zero-order valence-electron chi connectivity index (χ0n) is 7.15. The molecule has 1 N–H and O–H groups in total. The molecular weight excluding hydrogens is 228 g/mol. The molecule has 0 heterocycles. The number of alkyl halides is 1. The molecule has 0 amide bonds. The highest BCUT2D eigenvalue weighted by atomic mass is 35.5. The number of nitrogens with one attached hydrogen (secondary N) is 1. The van der Waals surface area contributed by atoms with Crippen LogP contribution in [0.5, 0.6) is 0 Å². The lowest BCUT2D eigenvalue weighted by atomic mass is 10.1. The van der Waals surface area contributed by atoms with Crippen LogP contribution in [0.15, 0.2) is 18.2 Å². The average Bonchev–Trinajstić information content (AvgIpc) is 2.10. The Morgan fingerprint density at radius 3 is 2.54 bits per heavy atom. The van der Waals surface area contributed by atoms with E-state index in [0.717, 1.165) is 5.56 Å². The van der Waals surface area contributed by atoms with Crippen molar-refractivity contribution < 1.29 is 0 Å². The summed E-state index contributed by atoms with van der Waals surface area (Å²) in [7, 11) is 1.85. The Balaban J connectivity index is 2.99. The van der Waals surface area contributed by atoms with E-state index in [1.165, 1.54) is 0 Å². The lowest BCUT2D eigenvalue weighted by Crippen LogP contribution is -2.17. The fraction of sp³-hybridized carbons (Fsp3) is 0.333. The van der Waals surface area contributed by atoms with Gasteiger partial charge in [-0.3, -0.25) is 0 Å². The van der Waals surface area contributed by atoms with Gasteiger partial charge in [0.15, 0.2) is 0 Å². The first-order valence-electron chi connectivity index (χ1n) is 3.87. The Morgan fingerprint density at radius 2 is 2.08 bits per heavy atom. The molecule has 0 saturated heterocycles. The normalized spacial score (nSPS) is 12.9. The van der Waals surface area contributed by atoms with Crippen LogP contribution >= 0.6 is 34.8 Å². The van der Waals surface area contributed by atoms with Crippen LogP contribution in [0.4, 0.5) is 0 Å². The molecule has 72 valence electrons. The molecule has 1 nitrogen and oxygen atoms in total. The third-order valence-electron chi connectivity index (χ3n) is 1.84. The summed E-state index contributed by atoms with van der Waals surface area (Å²) in [6, 6.07) is 5.48. The highest BCUT2D eigenvalue weighted by molar-refractivity contribution is 6.35. The van der Waals surface area contributed by atoms with E-state index in [-0.39, 0.29) is 6.04 Å². The van der Waals surface area contributed by atoms with Crippen molar-refractivity contribution >= 4 is 34.8 Å². The van der Waals surface area contributed by atoms with Gasteiger partial charge < -0.3 is 5.32 Å². The zero-order chi connectivity index (χ0) is 9.84. The quantitative estimate of drug-likeness (QED) is 0.795. The van der Waals surface area contributed by atoms with Crippen molar-refractivity contribution in [3.05, 3.63) is 33.8 Å². The van der Waals surface area contributed by atoms with Crippen LogP contribution < -0.4 is 5.32 Å². The highest BCUT2D eigenvalue weighted by Gasteiger charge is 2.11. The number of rotatable bonds is 3. The maximum Gasteiger partial charge on any atom is 0.0469 e. The molecule has 1 rings (SSSR count). The molecule has 0 bridgehead atoms. The van der Waals surface area contributed by atoms with E-state index < -0.39 is 0 Å². The highest BCUT2D eigenvalue weighted by Crippen LogP contribution is 2.26. The summed E-state index contributed by atoms with van der Waals surface area (Å²) in [6.07, 6.45) is 0. The predicted molar refractivity (Wildman–Crippen MR) is 59.0 cm³/mol. The molecule has 0 aliphatic carbocycles. The summed E-state index contributed by atoms with van der Waals surface area (Å²) in [4.78, 5) is 0. The van der Waals surface area contributed by atoms with E-state index >= 15 is 0 Å². The summed E-state index contributed by atoms with van der Waals surface area (Å²) in [5.74, 6) is 0.484. The van der Waals surface area contributed by atoms with Crippen LogP contribution in [0.3, 0.4) is 0 Å². The molecule has 1 unspecified atom stereocenters. The van der Waals surface area contributed by atoms with Gasteiger partial charge in [0.05, 0.1) is 0 Å². The first kappa shape index (κ1) is 11.1. The number of benzene rings is 1. The summed E-state index contributed by atoms with van der Waals surface area (Å²) >= 11 is 17.5. The van der Waals surface area contributed by atoms with Crippen molar-refractivity contribution in [3.8, 4) is 0 Å². The molecule has 0 spiro atoms. The minimum absolute atomic E-state index is 0.0754. The van der Waals surface area contributed by atoms with Crippen molar-refractivity contribution in [1.29, 1.82) is 0 Å². The van der Waals surface area contributed by atoms with Crippen molar-refractivity contribution in [3.63, 3.8) is 0 Å². The SMILES string of the molecule is CNC(CCl)c1ccc(Cl)cc1Cl. The van der Waals surface area contributed by atoms with E-state index in [1.54, 1.807) is 12.1 Å². The molecule has 4 heteroatoms. The van der Waals surface area contributed by atoms with Gasteiger partial charge in [0.1, 0.15) is 0 Å². The Morgan fingerprint density at radius 1 is 1.38 bits per heavy atom. The van der Waals surface area contributed by atoms with E-state index in [4.69, 9.17) is 34.8 Å². The summed E-state index contributed by atoms with van der Waals surface area (Å²) < 4.78 is 0. The Hall–Kier alpha value is 0.0500. The molecule has 1 atom stereocenters. The summed E-state index contributed by atoms with van der Waals surface area (Å²) in [6.45, 7) is 0. The predicted octanol–water partition coefficient (Wildman–Crippen LogP) is 3.49. The lowest BCUT2D eigenvalue weighted by Gasteiger charge is -2.14. The number of halogens is 3. The monoisotopic (exact) mass is 237 g/mol. The van der Waals surface area contributed by atoms with E-state index in [1.807, 2.05) is 13.1 Å². The van der Waals surface area contributed by atoms with Crippen molar-refractivity contribution in [2.45, 2.75) is 6.04 Å². The van der Waals surface area contributed by atoms with Crippen LogP contribution in [-0.4, -0.2) is 12.9 Å². The van der Waals surface area contributed by atoms with Gasteiger partial charge in [-0.2, -0.15) is 0 Å². The topological polar surface area (TPSA) is 12.0 Å². The fourth-order valence-corrected chi connectivity index (χ4v) is 1.96. The van der Waals surface area contributed by atoms with Crippen molar-refractivity contribution in [1.82, 2.24) is 5.32 Å². The van der Waals surface area contributed by atoms with Gasteiger partial charge >= 0.3 is 0 Å². The Labute approximate surface area is 93.0 Å². The Kier molecular flexibility index (Phi) is 4.33. The average molecular weight is 239 g/mol. The largest absolute Gasteiger partial charge is 0.312 e. The second kappa shape index (κ2) is 5.06. The molecule has 1 aromatic carbocycles. The maximum absolute atomic E-state index is 6.00. The van der Waals surface area contributed by atoms with E-state index in [9.17, 15) is 0 Å². The number of hydrogen-bond acceptors (Lipinski definition) is 1. The molecule has 0 radical (unpaired) electrons. The fourth-order valence-electron chi connectivity index (χ4n) is 1.10. The van der Waals surface area contributed by atoms with Crippen LogP contribution in [0.2, 0.25) is 10.0 Å². The van der Waals surface area contributed by atoms with Gasteiger partial charge in [-0.25, -0.2) is 0 Å². The minimum Gasteiger partial charge on any atom is -0.312 e. The van der Waals surface area contributed by atoms with Gasteiger partial charge in [-0.1, -0.05) is 29.3 Å². The summed E-state index contributed by atoms with van der Waals surface area (Å²) in [5.41, 5.74) is 0.976. The van der Waals surface area contributed by atoms with Crippen LogP contribution in [-0.2, 0) is 0 Å². The van der Waals surface area contributed by atoms with Gasteiger partial charge in [0.2, 0.25) is 0 Å². The zero-order valence-corrected chi connectivity index (χ0v) is 9.42. The van der Waals surface area contributed by atoms with E-state index in [0.29, 0.717) is 15.9 Å². The third kappa shape index (κ3) is 2.75. The molecule has 0 aliphatic rings. The Bertz CT molecular complexity index is 284. The van der Waals surface area contributed by atoms with Crippen LogP contribution in [0, 0.1) is 0 Å². The number of hydrogen-bond donors (Lipinski definition) is 1. The maximum atomic E-state index is 6.00. The van der Waals surface area contributed by atoms with Crippen molar-refractivity contribution in [2.75, 3.05) is 12.9 Å². The second-order valence-corrected chi connectivity index (χ2v) is 3.81. The molecular formula is C9H10Cl3N. The first-order valence-corrected chi connectivity index (χ1v) is 5.16. The second-order valence-electron chi connectivity index (χ2n) is 2.66. The first-order chi connectivity index (χ1) is 6.19. The van der Waals surface area contributed by atoms with Gasteiger partial charge in [0, 0.05) is 22.0 Å². The third-order valence-corrected chi connectivity index (χ3v) is 2.71. The minimum atomic E-state index is 0.0754. The van der Waals surface area contributed by atoms with Gasteiger partial charge in [0.25, 0.3) is 0 Å². The van der Waals surface area contributed by atoms with Gasteiger partial charge in [-0.15, -0.1) is 11.6 Å². The smallest absolute Gasteiger partial charge is 0.0469 e. The van der Waals surface area contributed by atoms with Crippen molar-refractivity contribution in [2.24, 2.45) is 0 Å². The molecule has 0 aromatic heterocycles. The molecule has 13 heavy (non-hydrogen) atoms. The standard InChI is InChI=1S/C9H10Cl3N/c1-13-9(5-10)7-3-2-6(11)4-8(7)12/h2-4,9,13H,5H2,1H3. The molecule has 0 saturated carbocycles. The lowest BCUT2D eigenvalue weighted by molar-refractivity contribution is 0.659. The molecule has 0 fully saturated rings. The van der Waals surface area contributed by atoms with Crippen LogP contribution in [0.25, 0.3) is 0 Å². The van der Waals surface area contributed by atoms with Crippen LogP contribution in [0.1, 0.15) is 11.6 Å². The van der Waals surface area contributed by atoms with E-state index in [2.05, 4.69) is 5.32 Å².